The largest absolute Gasteiger partial charge is 0.384 e. The number of nitrogens with two attached hydrogens (primary N) is 1. The van der Waals surface area contributed by atoms with E-state index in [0.717, 1.165) is 22.5 Å². The maximum atomic E-state index is 12.5. The minimum absolute atomic E-state index is 0.201. The maximum Gasteiger partial charge on any atom is 0.273 e. The summed E-state index contributed by atoms with van der Waals surface area (Å²) in [7, 11) is 0. The summed E-state index contributed by atoms with van der Waals surface area (Å²) in [5, 5.41) is 10.7. The van der Waals surface area contributed by atoms with E-state index in [2.05, 4.69) is 38.9 Å². The van der Waals surface area contributed by atoms with Crippen LogP contribution < -0.4 is 11.1 Å². The fraction of sp³-hybridized carbons (Fsp3) is 0.350. The Morgan fingerprint density at radius 1 is 1.48 bits per heavy atom. The molecule has 0 aliphatic heterocycles. The molecule has 8 nitrogen and oxygen atoms in total. The Morgan fingerprint density at radius 3 is 2.79 bits per heavy atom. The van der Waals surface area contributed by atoms with Crippen LogP contribution in [0.1, 0.15) is 46.7 Å². The van der Waals surface area contributed by atoms with Gasteiger partial charge >= 0.3 is 0 Å². The lowest BCUT2D eigenvalue weighted by molar-refractivity contribution is 0.0945. The number of alkyl halides is 1. The molecule has 29 heavy (non-hydrogen) atoms. The number of anilines is 1. The van der Waals surface area contributed by atoms with Gasteiger partial charge in [0, 0.05) is 24.4 Å². The van der Waals surface area contributed by atoms with Gasteiger partial charge in [0.05, 0.1) is 17.6 Å². The Morgan fingerprint density at radius 2 is 2.21 bits per heavy atom. The number of allylic oxidation sites excluding steroid dienone is 3. The normalized spacial score (nSPS) is 13.6. The first-order valence-electron chi connectivity index (χ1n) is 9.11. The van der Waals surface area contributed by atoms with Gasteiger partial charge in [0.1, 0.15) is 5.82 Å². The number of aliphatic imine (C=N–C) groups is 1. The first-order valence-corrected chi connectivity index (χ1v) is 9.55. The molecule has 0 saturated heterocycles. The van der Waals surface area contributed by atoms with Gasteiger partial charge in [-0.25, -0.2) is 9.67 Å². The third-order valence-corrected chi connectivity index (χ3v) is 4.84. The predicted molar refractivity (Wildman–Crippen MR) is 116 cm³/mol. The summed E-state index contributed by atoms with van der Waals surface area (Å²) in [5.74, 6) is 0.120. The highest BCUT2D eigenvalue weighted by Gasteiger charge is 2.22. The zero-order valence-corrected chi connectivity index (χ0v) is 17.6. The molecule has 1 amide bonds. The molecule has 2 atom stereocenters. The van der Waals surface area contributed by atoms with Gasteiger partial charge in [-0.15, -0.1) is 16.7 Å². The van der Waals surface area contributed by atoms with Crippen molar-refractivity contribution in [1.29, 1.82) is 0 Å². The van der Waals surface area contributed by atoms with Gasteiger partial charge in [0.2, 0.25) is 0 Å². The van der Waals surface area contributed by atoms with Crippen LogP contribution >= 0.6 is 11.6 Å². The monoisotopic (exact) mass is 415 g/mol. The number of nitrogens with zero attached hydrogens (tertiary/aromatic N) is 5. The Labute approximate surface area is 175 Å². The van der Waals surface area contributed by atoms with Crippen LogP contribution in [0.2, 0.25) is 0 Å². The summed E-state index contributed by atoms with van der Waals surface area (Å²) < 4.78 is 1.58. The number of halogens is 1. The van der Waals surface area contributed by atoms with Gasteiger partial charge in [-0.05, 0) is 50.8 Å². The summed E-state index contributed by atoms with van der Waals surface area (Å²) in [6, 6.07) is 1.53. The van der Waals surface area contributed by atoms with E-state index in [1.54, 1.807) is 29.1 Å². The van der Waals surface area contributed by atoms with E-state index in [1.807, 2.05) is 20.8 Å². The smallest absolute Gasteiger partial charge is 0.273 e. The Bertz CT molecular complexity index is 910. The second-order valence-electron chi connectivity index (χ2n) is 6.70. The molecule has 0 spiro atoms. The first kappa shape index (κ1) is 22.3. The number of amides is 1. The molecule has 2 aromatic heterocycles. The molecule has 0 saturated carbocycles. The number of carbonyl (C=O) groups is 1. The highest BCUT2D eigenvalue weighted by atomic mass is 35.5. The van der Waals surface area contributed by atoms with Gasteiger partial charge < -0.3 is 11.1 Å². The van der Waals surface area contributed by atoms with Crippen molar-refractivity contribution < 1.29 is 4.79 Å². The maximum absolute atomic E-state index is 12.5. The molecule has 3 N–H and O–H groups in total. The summed E-state index contributed by atoms with van der Waals surface area (Å²) >= 11 is 6.34. The highest BCUT2D eigenvalue weighted by molar-refractivity contribution is 6.20. The van der Waals surface area contributed by atoms with Crippen molar-refractivity contribution in [3.63, 3.8) is 0 Å². The fourth-order valence-corrected chi connectivity index (χ4v) is 3.16. The second-order valence-corrected chi connectivity index (χ2v) is 7.38. The Hall–Kier alpha value is -3.00. The zero-order chi connectivity index (χ0) is 21.6. The molecule has 2 rings (SSSR count). The number of nitrogen functional groups attached to an aromatic ring is 1. The fourth-order valence-electron chi connectivity index (χ4n) is 2.96. The summed E-state index contributed by atoms with van der Waals surface area (Å²) in [5.41, 5.74) is 9.33. The van der Waals surface area contributed by atoms with Crippen molar-refractivity contribution in [2.45, 2.75) is 45.2 Å². The lowest BCUT2D eigenvalue weighted by Crippen LogP contribution is -2.24. The van der Waals surface area contributed by atoms with Crippen LogP contribution in [-0.4, -0.2) is 38.0 Å². The average Bonchev–Trinajstić information content (AvgIpc) is 3.13. The number of aryl methyl sites for hydroxylation is 2. The van der Waals surface area contributed by atoms with Crippen molar-refractivity contribution in [2.24, 2.45) is 4.99 Å². The molecule has 0 aliphatic rings. The van der Waals surface area contributed by atoms with E-state index in [9.17, 15) is 4.79 Å². The number of nitrogens with one attached hydrogen (secondary N) is 1. The van der Waals surface area contributed by atoms with Crippen LogP contribution in [0, 0.1) is 13.8 Å². The van der Waals surface area contributed by atoms with Gasteiger partial charge in [0.15, 0.2) is 5.69 Å². The van der Waals surface area contributed by atoms with E-state index < -0.39 is 0 Å². The molecule has 0 aliphatic carbocycles. The van der Waals surface area contributed by atoms with E-state index in [4.69, 9.17) is 17.3 Å². The highest BCUT2D eigenvalue weighted by Crippen LogP contribution is 2.25. The van der Waals surface area contributed by atoms with Crippen LogP contribution in [0.5, 0.6) is 0 Å². The molecule has 0 bridgehead atoms. The molecule has 0 aromatic carbocycles. The predicted octanol–water partition coefficient (Wildman–Crippen LogP) is 3.13. The molecule has 154 valence electrons. The van der Waals surface area contributed by atoms with Gasteiger partial charge in [-0.2, -0.15) is 0 Å². The van der Waals surface area contributed by atoms with Crippen molar-refractivity contribution in [1.82, 2.24) is 25.3 Å². The molecule has 2 aromatic rings. The number of hydrogen-bond acceptors (Lipinski definition) is 6. The summed E-state index contributed by atoms with van der Waals surface area (Å²) in [6.07, 6.45) is 5.46. The van der Waals surface area contributed by atoms with Crippen molar-refractivity contribution >= 4 is 30.0 Å². The van der Waals surface area contributed by atoms with Gasteiger partial charge in [-0.3, -0.25) is 9.79 Å². The minimum atomic E-state index is -0.337. The molecule has 0 fully saturated rings. The third kappa shape index (κ3) is 5.74. The van der Waals surface area contributed by atoms with Crippen LogP contribution in [0.25, 0.3) is 0 Å². The molecule has 0 radical (unpaired) electrons. The standard InChI is InChI=1S/C20H26ClN7O/c1-6-7-15(23-5)9-18(13(3)21)28-11-17(26-27-28)20(29)24-10-16-12(2)8-19(22)25-14(16)4/h6-8,11,13,18H,1,5,9-10H2,2-4H3,(H2,22,25)(H,24,29)/b15-7+/t13?,18-/m1/s1. The Balaban J connectivity index is 2.13. The number of pyridine rings is 1. The van der Waals surface area contributed by atoms with E-state index in [-0.39, 0.29) is 23.0 Å². The first-order chi connectivity index (χ1) is 13.8. The topological polar surface area (TPSA) is 111 Å². The summed E-state index contributed by atoms with van der Waals surface area (Å²) in [6.45, 7) is 13.2. The molecular weight excluding hydrogens is 390 g/mol. The molecule has 9 heteroatoms. The third-order valence-electron chi connectivity index (χ3n) is 4.54. The van der Waals surface area contributed by atoms with Crippen LogP contribution in [-0.2, 0) is 6.54 Å². The SMILES string of the molecule is C=C/C=C(\C[C@H](C(C)Cl)n1cc(C(=O)NCc2c(C)cc(N)nc2C)nn1)N=C. The van der Waals surface area contributed by atoms with Crippen LogP contribution in [0.15, 0.2) is 41.7 Å². The van der Waals surface area contributed by atoms with E-state index in [1.165, 1.54) is 0 Å². The number of rotatable bonds is 9. The average molecular weight is 416 g/mol. The number of aromatic nitrogens is 4. The van der Waals surface area contributed by atoms with E-state index >= 15 is 0 Å². The van der Waals surface area contributed by atoms with Crippen LogP contribution in [0.4, 0.5) is 5.82 Å². The lowest BCUT2D eigenvalue weighted by atomic mass is 10.1. The molecule has 2 heterocycles. The van der Waals surface area contributed by atoms with Gasteiger partial charge in [-0.1, -0.05) is 17.9 Å². The zero-order valence-electron chi connectivity index (χ0n) is 16.9. The molecule has 1 unspecified atom stereocenters. The quantitative estimate of drug-likeness (QED) is 0.371. The number of carbonyl (C=O) groups excluding carboxylic acids is 1. The summed E-state index contributed by atoms with van der Waals surface area (Å²) in [4.78, 5) is 20.8. The number of hydrogen-bond donors (Lipinski definition) is 2. The Kier molecular flexibility index (Phi) is 7.67. The lowest BCUT2D eigenvalue weighted by Gasteiger charge is -2.19. The molecular formula is C20H26ClN7O. The van der Waals surface area contributed by atoms with Crippen molar-refractivity contribution in [2.75, 3.05) is 5.73 Å². The van der Waals surface area contributed by atoms with Crippen LogP contribution in [0.3, 0.4) is 0 Å². The van der Waals surface area contributed by atoms with Crippen molar-refractivity contribution in [3.8, 4) is 0 Å². The minimum Gasteiger partial charge on any atom is -0.384 e. The van der Waals surface area contributed by atoms with E-state index in [0.29, 0.717) is 18.8 Å². The van der Waals surface area contributed by atoms with Gasteiger partial charge in [0.25, 0.3) is 5.91 Å². The second kappa shape index (κ2) is 9.97. The van der Waals surface area contributed by atoms with Crippen molar-refractivity contribution in [3.05, 3.63) is 59.2 Å².